The molecule has 2 N–H and O–H groups in total. The topological polar surface area (TPSA) is 67.2 Å². The Labute approximate surface area is 118 Å². The lowest BCUT2D eigenvalue weighted by molar-refractivity contribution is 0.0987. The Morgan fingerprint density at radius 2 is 2.15 bits per heavy atom. The van der Waals surface area contributed by atoms with Crippen molar-refractivity contribution in [2.24, 2.45) is 0 Å². The molecule has 106 valence electrons. The second kappa shape index (κ2) is 6.34. The van der Waals surface area contributed by atoms with Gasteiger partial charge < -0.3 is 15.2 Å². The maximum atomic E-state index is 12.1. The number of para-hydroxylation sites is 1. The highest BCUT2D eigenvalue weighted by molar-refractivity contribution is 6.02. The third-order valence-corrected chi connectivity index (χ3v) is 3.04. The number of benzene rings is 1. The number of nitrogens with zero attached hydrogens (tertiary/aromatic N) is 1. The molecule has 1 unspecified atom stereocenters. The van der Waals surface area contributed by atoms with Crippen molar-refractivity contribution < 1.29 is 9.32 Å². The van der Waals surface area contributed by atoms with Crippen molar-refractivity contribution >= 4 is 11.6 Å². The van der Waals surface area contributed by atoms with Crippen LogP contribution in [-0.4, -0.2) is 17.6 Å². The summed E-state index contributed by atoms with van der Waals surface area (Å²) in [6.45, 7) is 6.76. The number of aryl methyl sites for hydroxylation is 1. The fraction of sp³-hybridized carbons (Fsp3) is 0.333. The molecule has 0 aliphatic carbocycles. The third-order valence-electron chi connectivity index (χ3n) is 3.04. The van der Waals surface area contributed by atoms with Gasteiger partial charge in [0, 0.05) is 17.8 Å². The molecule has 0 spiro atoms. The average Bonchev–Trinajstić information content (AvgIpc) is 2.86. The Kier molecular flexibility index (Phi) is 4.53. The van der Waals surface area contributed by atoms with Gasteiger partial charge in [0.05, 0.1) is 5.69 Å². The molecular weight excluding hydrogens is 254 g/mol. The molecule has 0 saturated carbocycles. The van der Waals surface area contributed by atoms with Crippen LogP contribution in [0.4, 0.5) is 5.69 Å². The van der Waals surface area contributed by atoms with Crippen molar-refractivity contribution in [1.82, 2.24) is 10.5 Å². The maximum absolute atomic E-state index is 12.1. The molecule has 2 rings (SSSR count). The van der Waals surface area contributed by atoms with Crippen molar-refractivity contribution in [2.75, 3.05) is 11.9 Å². The van der Waals surface area contributed by atoms with E-state index in [-0.39, 0.29) is 17.7 Å². The molecule has 0 bridgehead atoms. The predicted molar refractivity (Wildman–Crippen MR) is 77.7 cm³/mol. The summed E-state index contributed by atoms with van der Waals surface area (Å²) in [6.07, 6.45) is 0. The number of carbonyl (C=O) groups excluding carboxylic acids is 1. The van der Waals surface area contributed by atoms with Gasteiger partial charge in [-0.2, -0.15) is 0 Å². The van der Waals surface area contributed by atoms with Crippen molar-refractivity contribution in [3.8, 4) is 0 Å². The van der Waals surface area contributed by atoms with Crippen molar-refractivity contribution in [2.45, 2.75) is 26.8 Å². The van der Waals surface area contributed by atoms with Crippen LogP contribution in [0.2, 0.25) is 0 Å². The molecule has 1 aromatic carbocycles. The van der Waals surface area contributed by atoms with E-state index in [2.05, 4.69) is 29.6 Å². The van der Waals surface area contributed by atoms with Crippen LogP contribution in [0.15, 0.2) is 34.9 Å². The number of aromatic nitrogens is 1. The summed E-state index contributed by atoms with van der Waals surface area (Å²) < 4.78 is 4.97. The van der Waals surface area contributed by atoms with Gasteiger partial charge in [-0.1, -0.05) is 30.3 Å². The van der Waals surface area contributed by atoms with E-state index in [0.717, 1.165) is 17.8 Å². The molecule has 0 aliphatic heterocycles. The molecule has 2 aromatic rings. The van der Waals surface area contributed by atoms with Crippen LogP contribution in [0.5, 0.6) is 0 Å². The Bertz CT molecular complexity index is 592. The molecule has 20 heavy (non-hydrogen) atoms. The molecule has 0 radical (unpaired) electrons. The highest BCUT2D eigenvalue weighted by Gasteiger charge is 2.15. The molecule has 1 aromatic heterocycles. The minimum atomic E-state index is -0.290. The summed E-state index contributed by atoms with van der Waals surface area (Å²) >= 11 is 0. The summed E-state index contributed by atoms with van der Waals surface area (Å²) in [4.78, 5) is 12.1. The van der Waals surface area contributed by atoms with Crippen molar-refractivity contribution in [3.05, 3.63) is 47.3 Å². The smallest absolute Gasteiger partial charge is 0.294 e. The normalized spacial score (nSPS) is 12.2. The van der Waals surface area contributed by atoms with E-state index in [9.17, 15) is 4.79 Å². The highest BCUT2D eigenvalue weighted by atomic mass is 16.5. The van der Waals surface area contributed by atoms with E-state index < -0.39 is 0 Å². The Balaban J connectivity index is 2.19. The summed E-state index contributed by atoms with van der Waals surface area (Å²) in [6, 6.07) is 9.50. The monoisotopic (exact) mass is 273 g/mol. The van der Waals surface area contributed by atoms with Crippen LogP contribution in [0.3, 0.4) is 0 Å². The number of carbonyl (C=O) groups is 1. The van der Waals surface area contributed by atoms with Crippen LogP contribution in [-0.2, 0) is 0 Å². The number of rotatable bonds is 5. The lowest BCUT2D eigenvalue weighted by atomic mass is 10.1. The molecule has 0 saturated heterocycles. The molecular formula is C15H19N3O2. The minimum absolute atomic E-state index is 0.160. The number of anilines is 1. The number of hydrogen-bond donors (Lipinski definition) is 2. The number of nitrogens with one attached hydrogen (secondary N) is 2. The quantitative estimate of drug-likeness (QED) is 0.879. The first-order valence-electron chi connectivity index (χ1n) is 6.68. The van der Waals surface area contributed by atoms with Gasteiger partial charge in [-0.3, -0.25) is 4.79 Å². The van der Waals surface area contributed by atoms with E-state index in [1.54, 1.807) is 13.0 Å². The molecule has 1 atom stereocenters. The lowest BCUT2D eigenvalue weighted by Gasteiger charge is -2.17. The first kappa shape index (κ1) is 14.3. The maximum Gasteiger partial charge on any atom is 0.294 e. The van der Waals surface area contributed by atoms with Crippen LogP contribution in [0.1, 0.15) is 41.7 Å². The molecule has 1 heterocycles. The van der Waals surface area contributed by atoms with Gasteiger partial charge in [-0.05, 0) is 32.0 Å². The van der Waals surface area contributed by atoms with E-state index in [4.69, 9.17) is 4.52 Å². The van der Waals surface area contributed by atoms with Gasteiger partial charge in [-0.15, -0.1) is 0 Å². The van der Waals surface area contributed by atoms with Gasteiger partial charge in [0.2, 0.25) is 5.76 Å². The number of amides is 1. The van der Waals surface area contributed by atoms with Gasteiger partial charge >= 0.3 is 0 Å². The van der Waals surface area contributed by atoms with Crippen LogP contribution in [0.25, 0.3) is 0 Å². The molecule has 1 amide bonds. The zero-order valence-electron chi connectivity index (χ0n) is 11.9. The standard InChI is InChI=1S/C15H19N3O2/c1-4-16-11(3)12-7-5-6-8-13(12)17-15(19)14-9-10(2)18-20-14/h5-9,11,16H,4H2,1-3H3,(H,17,19). The van der Waals surface area contributed by atoms with Crippen LogP contribution in [0, 0.1) is 6.92 Å². The van der Waals surface area contributed by atoms with E-state index in [1.807, 2.05) is 24.3 Å². The number of hydrogen-bond acceptors (Lipinski definition) is 4. The zero-order chi connectivity index (χ0) is 14.5. The highest BCUT2D eigenvalue weighted by Crippen LogP contribution is 2.23. The SMILES string of the molecule is CCNC(C)c1ccccc1NC(=O)c1cc(C)no1. The first-order chi connectivity index (χ1) is 9.61. The minimum Gasteiger partial charge on any atom is -0.351 e. The van der Waals surface area contributed by atoms with E-state index >= 15 is 0 Å². The van der Waals surface area contributed by atoms with Gasteiger partial charge in [0.15, 0.2) is 0 Å². The van der Waals surface area contributed by atoms with Crippen molar-refractivity contribution in [1.29, 1.82) is 0 Å². The second-order valence-electron chi connectivity index (χ2n) is 4.65. The van der Waals surface area contributed by atoms with E-state index in [0.29, 0.717) is 5.69 Å². The molecule has 5 heteroatoms. The Morgan fingerprint density at radius 1 is 1.40 bits per heavy atom. The fourth-order valence-electron chi connectivity index (χ4n) is 2.06. The molecule has 0 aliphatic rings. The summed E-state index contributed by atoms with van der Waals surface area (Å²) in [5.41, 5.74) is 2.50. The van der Waals surface area contributed by atoms with E-state index in [1.165, 1.54) is 0 Å². The molecule has 0 fully saturated rings. The Morgan fingerprint density at radius 3 is 2.80 bits per heavy atom. The molecule has 5 nitrogen and oxygen atoms in total. The second-order valence-corrected chi connectivity index (χ2v) is 4.65. The Hall–Kier alpha value is -2.14. The van der Waals surface area contributed by atoms with Gasteiger partial charge in [-0.25, -0.2) is 0 Å². The first-order valence-corrected chi connectivity index (χ1v) is 6.68. The summed E-state index contributed by atoms with van der Waals surface area (Å²) in [5.74, 6) is -0.0739. The van der Waals surface area contributed by atoms with Crippen LogP contribution < -0.4 is 10.6 Å². The average molecular weight is 273 g/mol. The summed E-state index contributed by atoms with van der Waals surface area (Å²) in [7, 11) is 0. The zero-order valence-corrected chi connectivity index (χ0v) is 11.9. The largest absolute Gasteiger partial charge is 0.351 e. The predicted octanol–water partition coefficient (Wildman–Crippen LogP) is 2.91. The summed E-state index contributed by atoms with van der Waals surface area (Å²) in [5, 5.41) is 9.92. The fourth-order valence-corrected chi connectivity index (χ4v) is 2.06. The van der Waals surface area contributed by atoms with Gasteiger partial charge in [0.1, 0.15) is 0 Å². The lowest BCUT2D eigenvalue weighted by Crippen LogP contribution is -2.20. The van der Waals surface area contributed by atoms with Crippen LogP contribution >= 0.6 is 0 Å². The van der Waals surface area contributed by atoms with Crippen molar-refractivity contribution in [3.63, 3.8) is 0 Å². The third kappa shape index (κ3) is 3.24. The van der Waals surface area contributed by atoms with Gasteiger partial charge in [0.25, 0.3) is 5.91 Å².